The number of carboxylic acids is 1. The van der Waals surface area contributed by atoms with Crippen LogP contribution in [0.4, 0.5) is 4.79 Å². The van der Waals surface area contributed by atoms with E-state index in [0.29, 0.717) is 38.9 Å². The van der Waals surface area contributed by atoms with E-state index in [1.165, 1.54) is 0 Å². The summed E-state index contributed by atoms with van der Waals surface area (Å²) in [5.74, 6) is -0.671. The van der Waals surface area contributed by atoms with Crippen LogP contribution in [0.15, 0.2) is 0 Å². The molecule has 0 spiro atoms. The standard InChI is InChI=1S/C16H28BN2O5/c1-11(2)10-24-15(22)19-8-5-12-13(19)9-18-16(12,14(20)21)6-3-4-7-17-23/h11-13,18,23H,3-10H2,1-2H3,(H,20,21)/t12-,13-,16+/m0/s1. The van der Waals surface area contributed by atoms with Crippen LogP contribution in [0, 0.1) is 11.8 Å². The lowest BCUT2D eigenvalue weighted by Crippen LogP contribution is -2.52. The van der Waals surface area contributed by atoms with Crippen LogP contribution in [0.3, 0.4) is 0 Å². The predicted octanol–water partition coefficient (Wildman–Crippen LogP) is 1.10. The molecule has 0 aromatic rings. The third kappa shape index (κ3) is 3.86. The summed E-state index contributed by atoms with van der Waals surface area (Å²) >= 11 is 0. The van der Waals surface area contributed by atoms with Crippen molar-refractivity contribution >= 4 is 19.5 Å². The lowest BCUT2D eigenvalue weighted by Gasteiger charge is -2.30. The Kier molecular flexibility index (Phi) is 6.51. The van der Waals surface area contributed by atoms with Gasteiger partial charge in [0, 0.05) is 19.0 Å². The van der Waals surface area contributed by atoms with E-state index in [1.54, 1.807) is 4.90 Å². The molecule has 135 valence electrons. The molecular formula is C16H28BN2O5. The Balaban J connectivity index is 2.00. The minimum Gasteiger partial charge on any atom is -0.480 e. The molecule has 2 heterocycles. The summed E-state index contributed by atoms with van der Waals surface area (Å²) in [5.41, 5.74) is -0.979. The Morgan fingerprint density at radius 1 is 1.42 bits per heavy atom. The van der Waals surface area contributed by atoms with Crippen LogP contribution in [0.1, 0.15) is 39.5 Å². The summed E-state index contributed by atoms with van der Waals surface area (Å²) in [6, 6.07) is -0.120. The van der Waals surface area contributed by atoms with Crippen LogP contribution in [-0.4, -0.2) is 65.9 Å². The molecular weight excluding hydrogens is 311 g/mol. The molecule has 3 N–H and O–H groups in total. The predicted molar refractivity (Wildman–Crippen MR) is 89.8 cm³/mol. The van der Waals surface area contributed by atoms with Gasteiger partial charge in [0.2, 0.25) is 0 Å². The highest BCUT2D eigenvalue weighted by Gasteiger charge is 2.58. The zero-order valence-electron chi connectivity index (χ0n) is 14.5. The fourth-order valence-corrected chi connectivity index (χ4v) is 3.90. The molecule has 1 amide bonds. The Hall–Kier alpha value is -1.28. The smallest absolute Gasteiger partial charge is 0.410 e. The van der Waals surface area contributed by atoms with E-state index in [2.05, 4.69) is 5.32 Å². The van der Waals surface area contributed by atoms with Crippen LogP contribution in [0.2, 0.25) is 6.32 Å². The lowest BCUT2D eigenvalue weighted by molar-refractivity contribution is -0.146. The van der Waals surface area contributed by atoms with E-state index >= 15 is 0 Å². The fraction of sp³-hybridized carbons (Fsp3) is 0.875. The van der Waals surface area contributed by atoms with Gasteiger partial charge in [0.25, 0.3) is 7.48 Å². The number of hydrogen-bond donors (Lipinski definition) is 3. The van der Waals surface area contributed by atoms with Crippen LogP contribution in [0.5, 0.6) is 0 Å². The fourth-order valence-electron chi connectivity index (χ4n) is 3.90. The van der Waals surface area contributed by atoms with Crippen molar-refractivity contribution in [2.75, 3.05) is 19.7 Å². The first-order chi connectivity index (χ1) is 11.4. The topological polar surface area (TPSA) is 99.1 Å². The Morgan fingerprint density at radius 2 is 2.17 bits per heavy atom. The quantitative estimate of drug-likeness (QED) is 0.452. The highest BCUT2D eigenvalue weighted by molar-refractivity contribution is 6.25. The van der Waals surface area contributed by atoms with Crippen molar-refractivity contribution in [3.63, 3.8) is 0 Å². The Morgan fingerprint density at radius 3 is 2.79 bits per heavy atom. The van der Waals surface area contributed by atoms with Crippen molar-refractivity contribution in [2.45, 2.75) is 57.4 Å². The number of fused-ring (bicyclic) bond motifs is 1. The highest BCUT2D eigenvalue weighted by atomic mass is 16.6. The van der Waals surface area contributed by atoms with Crippen LogP contribution in [-0.2, 0) is 9.53 Å². The molecule has 0 saturated carbocycles. The molecule has 1 radical (unpaired) electrons. The maximum atomic E-state index is 12.3. The minimum absolute atomic E-state index is 0.0975. The van der Waals surface area contributed by atoms with Crippen LogP contribution >= 0.6 is 0 Å². The van der Waals surface area contributed by atoms with Gasteiger partial charge in [0.1, 0.15) is 5.54 Å². The van der Waals surface area contributed by atoms with Crippen molar-refractivity contribution in [3.05, 3.63) is 0 Å². The van der Waals surface area contributed by atoms with Gasteiger partial charge in [-0.2, -0.15) is 0 Å². The van der Waals surface area contributed by atoms with E-state index < -0.39 is 11.5 Å². The van der Waals surface area contributed by atoms with E-state index in [4.69, 9.17) is 9.76 Å². The number of nitrogens with one attached hydrogen (secondary N) is 1. The molecule has 2 fully saturated rings. The number of nitrogens with zero attached hydrogens (tertiary/aromatic N) is 1. The number of rotatable bonds is 8. The van der Waals surface area contributed by atoms with Crippen LogP contribution < -0.4 is 5.32 Å². The van der Waals surface area contributed by atoms with Crippen molar-refractivity contribution in [1.82, 2.24) is 10.2 Å². The molecule has 2 aliphatic rings. The average Bonchev–Trinajstić information content (AvgIpc) is 3.10. The first kappa shape index (κ1) is 19.1. The van der Waals surface area contributed by atoms with Crippen LogP contribution in [0.25, 0.3) is 0 Å². The number of amides is 1. The zero-order valence-corrected chi connectivity index (χ0v) is 14.5. The molecule has 0 unspecified atom stereocenters. The molecule has 3 atom stereocenters. The van der Waals surface area contributed by atoms with Crippen molar-refractivity contribution in [1.29, 1.82) is 0 Å². The van der Waals surface area contributed by atoms with Gasteiger partial charge >= 0.3 is 12.1 Å². The number of aliphatic carboxylic acids is 1. The van der Waals surface area contributed by atoms with Gasteiger partial charge in [-0.15, -0.1) is 0 Å². The third-order valence-corrected chi connectivity index (χ3v) is 5.12. The second-order valence-electron chi connectivity index (χ2n) is 7.21. The van der Waals surface area contributed by atoms with Gasteiger partial charge in [-0.3, -0.25) is 10.1 Å². The molecule has 0 aromatic carbocycles. The number of carbonyl (C=O) groups is 2. The van der Waals surface area contributed by atoms with Gasteiger partial charge < -0.3 is 19.8 Å². The number of unbranched alkanes of at least 4 members (excludes halogenated alkanes) is 1. The number of carbonyl (C=O) groups excluding carboxylic acids is 1. The summed E-state index contributed by atoms with van der Waals surface area (Å²) in [6.07, 6.45) is 2.88. The second-order valence-corrected chi connectivity index (χ2v) is 7.21. The molecule has 8 heteroatoms. The molecule has 2 saturated heterocycles. The highest BCUT2D eigenvalue weighted by Crippen LogP contribution is 2.41. The van der Waals surface area contributed by atoms with Gasteiger partial charge in [-0.1, -0.05) is 33.0 Å². The largest absolute Gasteiger partial charge is 0.480 e. The average molecular weight is 339 g/mol. The monoisotopic (exact) mass is 339 g/mol. The number of likely N-dealkylation sites (tertiary alicyclic amines) is 1. The van der Waals surface area contributed by atoms with Gasteiger partial charge in [-0.25, -0.2) is 4.79 Å². The maximum absolute atomic E-state index is 12.3. The summed E-state index contributed by atoms with van der Waals surface area (Å²) in [5, 5.41) is 21.7. The molecule has 24 heavy (non-hydrogen) atoms. The maximum Gasteiger partial charge on any atom is 0.410 e. The van der Waals surface area contributed by atoms with Gasteiger partial charge in [0.05, 0.1) is 12.6 Å². The minimum atomic E-state index is -0.979. The van der Waals surface area contributed by atoms with Crippen molar-refractivity contribution in [3.8, 4) is 0 Å². The summed E-state index contributed by atoms with van der Waals surface area (Å²) in [6.45, 7) is 5.38. The van der Waals surface area contributed by atoms with E-state index in [-0.39, 0.29) is 24.0 Å². The molecule has 7 nitrogen and oxygen atoms in total. The van der Waals surface area contributed by atoms with E-state index in [1.807, 2.05) is 13.8 Å². The summed E-state index contributed by atoms with van der Waals surface area (Å²) in [4.78, 5) is 25.9. The normalized spacial score (nSPS) is 28.9. The number of hydrogen-bond acceptors (Lipinski definition) is 5. The Labute approximate surface area is 144 Å². The molecule has 2 rings (SSSR count). The molecule has 0 bridgehead atoms. The second kappa shape index (κ2) is 8.20. The van der Waals surface area contributed by atoms with Crippen molar-refractivity contribution < 1.29 is 24.5 Å². The van der Waals surface area contributed by atoms with E-state index in [0.717, 1.165) is 20.3 Å². The first-order valence-corrected chi connectivity index (χ1v) is 8.80. The zero-order chi connectivity index (χ0) is 17.7. The summed E-state index contributed by atoms with van der Waals surface area (Å²) < 4.78 is 5.32. The van der Waals surface area contributed by atoms with Gasteiger partial charge in [-0.05, 0) is 18.8 Å². The molecule has 0 aromatic heterocycles. The lowest BCUT2D eigenvalue weighted by atomic mass is 9.78. The molecule has 0 aliphatic carbocycles. The SMILES string of the molecule is CC(C)COC(=O)N1CC[C@H]2[C@@H]1CN[C@@]2(CCCC[B]O)C(=O)O. The first-order valence-electron chi connectivity index (χ1n) is 8.80. The number of ether oxygens (including phenoxy) is 1. The molecule has 2 aliphatic heterocycles. The van der Waals surface area contributed by atoms with E-state index in [9.17, 15) is 14.7 Å². The number of carboxylic acid groups (broad SMARTS) is 1. The Bertz CT molecular complexity index is 462. The van der Waals surface area contributed by atoms with Gasteiger partial charge in [0.15, 0.2) is 0 Å². The van der Waals surface area contributed by atoms with Crippen molar-refractivity contribution in [2.24, 2.45) is 11.8 Å². The summed E-state index contributed by atoms with van der Waals surface area (Å²) in [7, 11) is 1.11. The third-order valence-electron chi connectivity index (χ3n) is 5.12.